The summed E-state index contributed by atoms with van der Waals surface area (Å²) in [6.07, 6.45) is 0. The molecule has 2 heterocycles. The van der Waals surface area contributed by atoms with Crippen molar-refractivity contribution in [3.05, 3.63) is 64.6 Å². The smallest absolute Gasteiger partial charge is 0.246 e. The van der Waals surface area contributed by atoms with Crippen LogP contribution in [0.1, 0.15) is 5.56 Å². The molecule has 0 radical (unpaired) electrons. The molecule has 2 aromatic carbocycles. The van der Waals surface area contributed by atoms with Crippen LogP contribution in [0.25, 0.3) is 16.7 Å². The topological polar surface area (TPSA) is 76.5 Å². The Morgan fingerprint density at radius 1 is 1.09 bits per heavy atom. The zero-order valence-electron chi connectivity index (χ0n) is 11.8. The SMILES string of the molecule is O=c1[nH]nc(SCc2cccc3nsnc23)n1-c1ccccc1. The van der Waals surface area contributed by atoms with Gasteiger partial charge in [-0.1, -0.05) is 42.1 Å². The van der Waals surface area contributed by atoms with Crippen molar-refractivity contribution in [3.63, 3.8) is 0 Å². The summed E-state index contributed by atoms with van der Waals surface area (Å²) in [7, 11) is 0. The van der Waals surface area contributed by atoms with Crippen LogP contribution in [0.15, 0.2) is 58.5 Å². The zero-order valence-corrected chi connectivity index (χ0v) is 13.5. The molecule has 2 aromatic heterocycles. The van der Waals surface area contributed by atoms with E-state index in [1.165, 1.54) is 23.5 Å². The fourth-order valence-corrected chi connectivity index (χ4v) is 3.82. The van der Waals surface area contributed by atoms with Crippen LogP contribution in [0, 0.1) is 0 Å². The van der Waals surface area contributed by atoms with Gasteiger partial charge in [0.1, 0.15) is 11.0 Å². The summed E-state index contributed by atoms with van der Waals surface area (Å²) in [5, 5.41) is 7.27. The third-order valence-electron chi connectivity index (χ3n) is 3.38. The molecule has 4 rings (SSSR count). The molecule has 0 aliphatic heterocycles. The predicted molar refractivity (Wildman–Crippen MR) is 91.2 cm³/mol. The predicted octanol–water partition coefficient (Wildman–Crippen LogP) is 2.86. The zero-order chi connectivity index (χ0) is 15.6. The van der Waals surface area contributed by atoms with Crippen LogP contribution in [0.5, 0.6) is 0 Å². The molecule has 0 unspecified atom stereocenters. The van der Waals surface area contributed by atoms with Crippen LogP contribution in [0.3, 0.4) is 0 Å². The minimum absolute atomic E-state index is 0.243. The maximum atomic E-state index is 12.0. The van der Waals surface area contributed by atoms with E-state index in [0.29, 0.717) is 10.9 Å². The van der Waals surface area contributed by atoms with E-state index >= 15 is 0 Å². The maximum Gasteiger partial charge on any atom is 0.348 e. The van der Waals surface area contributed by atoms with Crippen LogP contribution in [-0.4, -0.2) is 23.5 Å². The van der Waals surface area contributed by atoms with Gasteiger partial charge in [0.25, 0.3) is 0 Å². The minimum Gasteiger partial charge on any atom is -0.246 e. The molecule has 8 heteroatoms. The largest absolute Gasteiger partial charge is 0.348 e. The molecule has 0 atom stereocenters. The van der Waals surface area contributed by atoms with Crippen LogP contribution < -0.4 is 5.69 Å². The van der Waals surface area contributed by atoms with Gasteiger partial charge in [-0.2, -0.15) is 8.75 Å². The molecular weight excluding hydrogens is 330 g/mol. The molecular formula is C15H11N5OS2. The summed E-state index contributed by atoms with van der Waals surface area (Å²) in [5.41, 5.74) is 3.44. The number of hydrogen-bond donors (Lipinski definition) is 1. The number of benzene rings is 2. The molecule has 0 aliphatic carbocycles. The lowest BCUT2D eigenvalue weighted by atomic mass is 10.2. The molecule has 0 spiro atoms. The van der Waals surface area contributed by atoms with Gasteiger partial charge in [-0.25, -0.2) is 14.5 Å². The quantitative estimate of drug-likeness (QED) is 0.578. The average Bonchev–Trinajstić information content (AvgIpc) is 3.20. The highest BCUT2D eigenvalue weighted by atomic mass is 32.2. The molecule has 4 aromatic rings. The van der Waals surface area contributed by atoms with E-state index < -0.39 is 0 Å². The fourth-order valence-electron chi connectivity index (χ4n) is 2.30. The van der Waals surface area contributed by atoms with Crippen LogP contribution in [0.2, 0.25) is 0 Å². The van der Waals surface area contributed by atoms with E-state index in [1.807, 2.05) is 48.5 Å². The summed E-state index contributed by atoms with van der Waals surface area (Å²) in [6, 6.07) is 15.4. The molecule has 0 bridgehead atoms. The molecule has 6 nitrogen and oxygen atoms in total. The van der Waals surface area contributed by atoms with Crippen molar-refractivity contribution in [1.82, 2.24) is 23.5 Å². The number of nitrogens with zero attached hydrogens (tertiary/aromatic N) is 4. The first-order valence-corrected chi connectivity index (χ1v) is 8.60. The Balaban J connectivity index is 1.66. The van der Waals surface area contributed by atoms with E-state index in [0.717, 1.165) is 22.3 Å². The van der Waals surface area contributed by atoms with Crippen molar-refractivity contribution in [2.45, 2.75) is 10.9 Å². The van der Waals surface area contributed by atoms with Crippen molar-refractivity contribution in [1.29, 1.82) is 0 Å². The van der Waals surface area contributed by atoms with Gasteiger partial charge in [0.2, 0.25) is 0 Å². The van der Waals surface area contributed by atoms with Crippen molar-refractivity contribution in [2.24, 2.45) is 0 Å². The number of aromatic amines is 1. The van der Waals surface area contributed by atoms with Crippen molar-refractivity contribution >= 4 is 34.5 Å². The van der Waals surface area contributed by atoms with Gasteiger partial charge in [-0.05, 0) is 23.8 Å². The second kappa shape index (κ2) is 5.98. The number of fused-ring (bicyclic) bond motifs is 1. The van der Waals surface area contributed by atoms with Gasteiger partial charge in [-0.3, -0.25) is 0 Å². The van der Waals surface area contributed by atoms with Gasteiger partial charge < -0.3 is 0 Å². The lowest BCUT2D eigenvalue weighted by Crippen LogP contribution is -2.15. The summed E-state index contributed by atoms with van der Waals surface area (Å²) in [5.74, 6) is 0.667. The summed E-state index contributed by atoms with van der Waals surface area (Å²) >= 11 is 2.70. The lowest BCUT2D eigenvalue weighted by molar-refractivity contribution is 0.870. The number of para-hydroxylation sites is 1. The molecule has 114 valence electrons. The summed E-state index contributed by atoms with van der Waals surface area (Å²) < 4.78 is 10.2. The van der Waals surface area contributed by atoms with Gasteiger partial charge in [0.05, 0.1) is 17.4 Å². The first kappa shape index (κ1) is 14.2. The number of rotatable bonds is 4. The molecule has 0 saturated carbocycles. The maximum absolute atomic E-state index is 12.0. The first-order chi connectivity index (χ1) is 11.3. The highest BCUT2D eigenvalue weighted by molar-refractivity contribution is 7.98. The number of H-pyrrole nitrogens is 1. The summed E-state index contributed by atoms with van der Waals surface area (Å²) in [6.45, 7) is 0. The average molecular weight is 341 g/mol. The molecule has 0 fully saturated rings. The van der Waals surface area contributed by atoms with Crippen LogP contribution >= 0.6 is 23.5 Å². The van der Waals surface area contributed by atoms with Gasteiger partial charge in [0, 0.05) is 5.75 Å². The molecule has 0 saturated heterocycles. The highest BCUT2D eigenvalue weighted by Gasteiger charge is 2.12. The normalized spacial score (nSPS) is 11.1. The Morgan fingerprint density at radius 2 is 1.96 bits per heavy atom. The number of aromatic nitrogens is 5. The number of hydrogen-bond acceptors (Lipinski definition) is 6. The number of thioether (sulfide) groups is 1. The molecule has 0 amide bonds. The second-order valence-electron chi connectivity index (χ2n) is 4.82. The van der Waals surface area contributed by atoms with E-state index in [-0.39, 0.29) is 5.69 Å². The van der Waals surface area contributed by atoms with Crippen molar-refractivity contribution < 1.29 is 0 Å². The van der Waals surface area contributed by atoms with Crippen LogP contribution in [0.4, 0.5) is 0 Å². The minimum atomic E-state index is -0.243. The Kier molecular flexibility index (Phi) is 3.68. The van der Waals surface area contributed by atoms with E-state index in [9.17, 15) is 4.79 Å². The highest BCUT2D eigenvalue weighted by Crippen LogP contribution is 2.25. The van der Waals surface area contributed by atoms with Gasteiger partial charge in [0.15, 0.2) is 5.16 Å². The standard InChI is InChI=1S/C15H11N5OS2/c21-14-16-17-15(20(14)11-6-2-1-3-7-11)22-9-10-5-4-8-12-13(10)19-23-18-12/h1-8H,9H2,(H,16,21). The molecule has 1 N–H and O–H groups in total. The third-order valence-corrected chi connectivity index (χ3v) is 4.91. The van der Waals surface area contributed by atoms with Crippen LogP contribution in [-0.2, 0) is 5.75 Å². The van der Waals surface area contributed by atoms with Gasteiger partial charge >= 0.3 is 5.69 Å². The lowest BCUT2D eigenvalue weighted by Gasteiger charge is -2.05. The van der Waals surface area contributed by atoms with Crippen molar-refractivity contribution in [3.8, 4) is 5.69 Å². The Bertz CT molecular complexity index is 1010. The fraction of sp³-hybridized carbons (Fsp3) is 0.0667. The molecule has 23 heavy (non-hydrogen) atoms. The third kappa shape index (κ3) is 2.66. The Hall–Kier alpha value is -2.45. The molecule has 0 aliphatic rings. The first-order valence-electron chi connectivity index (χ1n) is 6.89. The number of nitrogens with one attached hydrogen (secondary N) is 1. The van der Waals surface area contributed by atoms with E-state index in [4.69, 9.17) is 0 Å². The van der Waals surface area contributed by atoms with E-state index in [1.54, 1.807) is 4.57 Å². The van der Waals surface area contributed by atoms with Gasteiger partial charge in [-0.15, -0.1) is 5.10 Å². The summed E-state index contributed by atoms with van der Waals surface area (Å²) in [4.78, 5) is 12.0. The Morgan fingerprint density at radius 3 is 2.83 bits per heavy atom. The monoisotopic (exact) mass is 341 g/mol. The van der Waals surface area contributed by atoms with Crippen molar-refractivity contribution in [2.75, 3.05) is 0 Å². The van der Waals surface area contributed by atoms with E-state index in [2.05, 4.69) is 18.9 Å². The second-order valence-corrected chi connectivity index (χ2v) is 6.29. The Labute approximate surface area is 139 Å².